The molecule has 1 rings (SSSR count). The second-order valence-corrected chi connectivity index (χ2v) is 3.59. The van der Waals surface area contributed by atoms with Gasteiger partial charge < -0.3 is 9.47 Å². The minimum absolute atomic E-state index is 0.0287. The van der Waals surface area contributed by atoms with E-state index in [4.69, 9.17) is 4.74 Å². The maximum Gasteiger partial charge on any atom is 0.349 e. The Morgan fingerprint density at radius 3 is 2.61 bits per heavy atom. The highest BCUT2D eigenvalue weighted by Gasteiger charge is 2.30. The van der Waals surface area contributed by atoms with Crippen LogP contribution in [0.1, 0.15) is 23.7 Å². The van der Waals surface area contributed by atoms with Crippen LogP contribution in [0.3, 0.4) is 0 Å². The summed E-state index contributed by atoms with van der Waals surface area (Å²) in [5.74, 6) is -1.88. The van der Waals surface area contributed by atoms with E-state index in [2.05, 4.69) is 4.74 Å². The Balaban J connectivity index is 2.83. The molecule has 1 unspecified atom stereocenters. The van der Waals surface area contributed by atoms with Crippen LogP contribution in [0.15, 0.2) is 24.3 Å². The van der Waals surface area contributed by atoms with E-state index in [-0.39, 0.29) is 17.9 Å². The summed E-state index contributed by atoms with van der Waals surface area (Å²) in [7, 11) is 1.37. The van der Waals surface area contributed by atoms with Crippen molar-refractivity contribution in [1.29, 1.82) is 0 Å². The highest BCUT2D eigenvalue weighted by atomic mass is 19.1. The van der Waals surface area contributed by atoms with Gasteiger partial charge in [-0.2, -0.15) is 0 Å². The molecule has 0 fully saturated rings. The Morgan fingerprint density at radius 2 is 2.00 bits per heavy atom. The fraction of sp³-hybridized carbons (Fsp3) is 0.385. The standard InChI is InChI=1S/C13H15FO4/c1-3-8-18-13(16)11(14)12(15)9-6-4-5-7-10(9)17-2/h4-7,11H,3,8H2,1-2H3. The lowest BCUT2D eigenvalue weighted by Crippen LogP contribution is -2.28. The molecule has 5 heteroatoms. The lowest BCUT2D eigenvalue weighted by Gasteiger charge is -2.10. The van der Waals surface area contributed by atoms with Gasteiger partial charge in [-0.1, -0.05) is 19.1 Å². The maximum atomic E-state index is 13.6. The number of methoxy groups -OCH3 is 1. The first-order valence-corrected chi connectivity index (χ1v) is 5.59. The van der Waals surface area contributed by atoms with Gasteiger partial charge in [0, 0.05) is 0 Å². The quantitative estimate of drug-likeness (QED) is 0.443. The minimum atomic E-state index is -2.31. The van der Waals surface area contributed by atoms with Crippen LogP contribution >= 0.6 is 0 Å². The molecule has 0 aliphatic rings. The lowest BCUT2D eigenvalue weighted by atomic mass is 10.1. The first-order chi connectivity index (χ1) is 8.61. The SMILES string of the molecule is CCCOC(=O)C(F)C(=O)c1ccccc1OC. The molecule has 0 heterocycles. The van der Waals surface area contributed by atoms with Crippen molar-refractivity contribution >= 4 is 11.8 Å². The highest BCUT2D eigenvalue weighted by Crippen LogP contribution is 2.20. The smallest absolute Gasteiger partial charge is 0.349 e. The topological polar surface area (TPSA) is 52.6 Å². The molecular formula is C13H15FO4. The number of alkyl halides is 1. The summed E-state index contributed by atoms with van der Waals surface area (Å²) in [4.78, 5) is 23.0. The molecule has 0 aliphatic heterocycles. The Bertz CT molecular complexity index is 431. The van der Waals surface area contributed by atoms with Crippen LogP contribution in [0.4, 0.5) is 4.39 Å². The average molecular weight is 254 g/mol. The molecular weight excluding hydrogens is 239 g/mol. The zero-order chi connectivity index (χ0) is 13.5. The van der Waals surface area contributed by atoms with Crippen molar-refractivity contribution < 1.29 is 23.5 Å². The largest absolute Gasteiger partial charge is 0.496 e. The number of carbonyl (C=O) groups excluding carboxylic acids is 2. The minimum Gasteiger partial charge on any atom is -0.496 e. The van der Waals surface area contributed by atoms with E-state index in [1.165, 1.54) is 19.2 Å². The van der Waals surface area contributed by atoms with Crippen LogP contribution in [0.25, 0.3) is 0 Å². The van der Waals surface area contributed by atoms with E-state index < -0.39 is 17.9 Å². The van der Waals surface area contributed by atoms with Gasteiger partial charge in [0.1, 0.15) is 5.75 Å². The van der Waals surface area contributed by atoms with Crippen LogP contribution in [0, 0.1) is 0 Å². The van der Waals surface area contributed by atoms with E-state index >= 15 is 0 Å². The van der Waals surface area contributed by atoms with Gasteiger partial charge in [-0.25, -0.2) is 9.18 Å². The van der Waals surface area contributed by atoms with Crippen LogP contribution in [0.5, 0.6) is 5.75 Å². The average Bonchev–Trinajstić information content (AvgIpc) is 2.42. The summed E-state index contributed by atoms with van der Waals surface area (Å²) >= 11 is 0. The molecule has 1 aromatic rings. The van der Waals surface area contributed by atoms with Gasteiger partial charge >= 0.3 is 5.97 Å². The Kier molecular flexibility index (Phi) is 5.30. The van der Waals surface area contributed by atoms with Crippen LogP contribution in [-0.2, 0) is 9.53 Å². The van der Waals surface area contributed by atoms with Gasteiger partial charge in [-0.15, -0.1) is 0 Å². The Hall–Kier alpha value is -1.91. The highest BCUT2D eigenvalue weighted by molar-refractivity contribution is 6.12. The number of ether oxygens (including phenoxy) is 2. The Labute approximate surface area is 105 Å². The van der Waals surface area contributed by atoms with E-state index in [0.717, 1.165) is 0 Å². The molecule has 0 saturated carbocycles. The normalized spacial score (nSPS) is 11.7. The van der Waals surface area contributed by atoms with Crippen molar-refractivity contribution in [2.24, 2.45) is 0 Å². The van der Waals surface area contributed by atoms with Gasteiger partial charge in [-0.3, -0.25) is 4.79 Å². The maximum absolute atomic E-state index is 13.6. The number of rotatable bonds is 6. The number of para-hydroxylation sites is 1. The van der Waals surface area contributed by atoms with Gasteiger partial charge in [0.05, 0.1) is 19.3 Å². The number of halogens is 1. The van der Waals surface area contributed by atoms with Crippen LogP contribution in [0.2, 0.25) is 0 Å². The third-order valence-corrected chi connectivity index (χ3v) is 2.26. The number of benzene rings is 1. The lowest BCUT2D eigenvalue weighted by molar-refractivity contribution is -0.147. The van der Waals surface area contributed by atoms with Crippen molar-refractivity contribution in [2.75, 3.05) is 13.7 Å². The summed E-state index contributed by atoms with van der Waals surface area (Å²) in [6, 6.07) is 6.15. The first kappa shape index (κ1) is 14.2. The summed E-state index contributed by atoms with van der Waals surface area (Å²) in [6.07, 6.45) is -1.74. The fourth-order valence-corrected chi connectivity index (χ4v) is 1.37. The molecule has 0 spiro atoms. The van der Waals surface area contributed by atoms with Crippen molar-refractivity contribution in [1.82, 2.24) is 0 Å². The van der Waals surface area contributed by atoms with E-state index in [0.29, 0.717) is 6.42 Å². The number of ketones is 1. The molecule has 1 aromatic carbocycles. The summed E-state index contributed by atoms with van der Waals surface area (Å²) in [5, 5.41) is 0. The van der Waals surface area contributed by atoms with Crippen molar-refractivity contribution in [3.8, 4) is 5.75 Å². The molecule has 1 atom stereocenters. The van der Waals surface area contributed by atoms with Gasteiger partial charge in [0.25, 0.3) is 6.17 Å². The summed E-state index contributed by atoms with van der Waals surface area (Å²) < 4.78 is 23.2. The van der Waals surface area contributed by atoms with Crippen molar-refractivity contribution in [3.63, 3.8) is 0 Å². The Morgan fingerprint density at radius 1 is 1.33 bits per heavy atom. The van der Waals surface area contributed by atoms with E-state index in [1.54, 1.807) is 19.1 Å². The number of hydrogen-bond acceptors (Lipinski definition) is 4. The molecule has 4 nitrogen and oxygen atoms in total. The molecule has 18 heavy (non-hydrogen) atoms. The molecule has 0 radical (unpaired) electrons. The summed E-state index contributed by atoms with van der Waals surface area (Å²) in [5.41, 5.74) is 0.0287. The van der Waals surface area contributed by atoms with Crippen LogP contribution < -0.4 is 4.74 Å². The zero-order valence-electron chi connectivity index (χ0n) is 10.3. The number of hydrogen-bond donors (Lipinski definition) is 0. The van der Waals surface area contributed by atoms with Gasteiger partial charge in [0.2, 0.25) is 5.78 Å². The molecule has 0 bridgehead atoms. The van der Waals surface area contributed by atoms with Crippen molar-refractivity contribution in [3.05, 3.63) is 29.8 Å². The third-order valence-electron chi connectivity index (χ3n) is 2.26. The number of carbonyl (C=O) groups is 2. The molecule has 0 amide bonds. The van der Waals surface area contributed by atoms with Gasteiger partial charge in [0.15, 0.2) is 0 Å². The van der Waals surface area contributed by atoms with Gasteiger partial charge in [-0.05, 0) is 18.6 Å². The second-order valence-electron chi connectivity index (χ2n) is 3.59. The molecule has 0 aliphatic carbocycles. The monoisotopic (exact) mass is 254 g/mol. The van der Waals surface area contributed by atoms with Crippen molar-refractivity contribution in [2.45, 2.75) is 19.5 Å². The molecule has 0 aromatic heterocycles. The molecule has 0 N–H and O–H groups in total. The molecule has 0 saturated heterocycles. The first-order valence-electron chi connectivity index (χ1n) is 5.59. The zero-order valence-corrected chi connectivity index (χ0v) is 10.3. The predicted octanol–water partition coefficient (Wildman–Crippen LogP) is 2.17. The molecule has 98 valence electrons. The number of Topliss-reactive ketones (excluding diaryl/α,β-unsaturated/α-hetero) is 1. The van der Waals surface area contributed by atoms with E-state index in [1.807, 2.05) is 0 Å². The van der Waals surface area contributed by atoms with Crippen LogP contribution in [-0.4, -0.2) is 31.6 Å². The second kappa shape index (κ2) is 6.74. The third kappa shape index (κ3) is 3.29. The fourth-order valence-electron chi connectivity index (χ4n) is 1.37. The predicted molar refractivity (Wildman–Crippen MR) is 63.5 cm³/mol. The van der Waals surface area contributed by atoms with E-state index in [9.17, 15) is 14.0 Å². The number of esters is 1. The summed E-state index contributed by atoms with van der Waals surface area (Å²) in [6.45, 7) is 1.88.